The van der Waals surface area contributed by atoms with E-state index in [0.29, 0.717) is 21.3 Å². The minimum atomic E-state index is -0.791. The van der Waals surface area contributed by atoms with Crippen LogP contribution in [0.4, 0.5) is 5.00 Å². The molecule has 2 aromatic rings. The fourth-order valence-corrected chi connectivity index (χ4v) is 3.23. The molecule has 0 aliphatic rings. The molecule has 0 radical (unpaired) electrons. The van der Waals surface area contributed by atoms with Gasteiger partial charge in [-0.05, 0) is 38.5 Å². The van der Waals surface area contributed by atoms with Crippen molar-refractivity contribution in [3.8, 4) is 11.8 Å². The molecular weight excluding hydrogens is 355 g/mol. The predicted molar refractivity (Wildman–Crippen MR) is 93.7 cm³/mol. The van der Waals surface area contributed by atoms with Crippen LogP contribution >= 0.6 is 34.5 Å². The van der Waals surface area contributed by atoms with E-state index >= 15 is 0 Å². The Bertz CT molecular complexity index is 796. The molecule has 1 atom stereocenters. The standard InChI is InChI=1S/C16H14Cl2N2O2S/c1-8-10(3)23-16(11(8)7-19)20-15(21)9(2)22-13-6-4-5-12(17)14(13)18/h4-6,9H,1-3H3,(H,20,21). The van der Waals surface area contributed by atoms with Gasteiger partial charge in [0.25, 0.3) is 5.91 Å². The number of carbonyl (C=O) groups excluding carboxylic acids is 1. The first-order chi connectivity index (χ1) is 10.8. The second-order valence-corrected chi connectivity index (χ2v) is 6.91. The molecule has 0 aliphatic heterocycles. The number of aryl methyl sites for hydroxylation is 1. The van der Waals surface area contributed by atoms with Crippen LogP contribution < -0.4 is 10.1 Å². The van der Waals surface area contributed by atoms with Gasteiger partial charge in [0.2, 0.25) is 0 Å². The third-order valence-electron chi connectivity index (χ3n) is 3.32. The number of amides is 1. The quantitative estimate of drug-likeness (QED) is 0.830. The molecule has 0 saturated carbocycles. The Morgan fingerprint density at radius 3 is 2.74 bits per heavy atom. The van der Waals surface area contributed by atoms with Crippen LogP contribution in [0.5, 0.6) is 5.75 Å². The van der Waals surface area contributed by atoms with Crippen LogP contribution in [0.15, 0.2) is 18.2 Å². The van der Waals surface area contributed by atoms with E-state index in [2.05, 4.69) is 11.4 Å². The van der Waals surface area contributed by atoms with Gasteiger partial charge in [0.15, 0.2) is 6.10 Å². The minimum absolute atomic E-state index is 0.259. The Hall–Kier alpha value is -1.74. The van der Waals surface area contributed by atoms with Gasteiger partial charge in [-0.1, -0.05) is 29.3 Å². The normalized spacial score (nSPS) is 11.7. The van der Waals surface area contributed by atoms with Crippen molar-refractivity contribution >= 4 is 45.4 Å². The summed E-state index contributed by atoms with van der Waals surface area (Å²) in [6.45, 7) is 5.36. The molecule has 1 aromatic heterocycles. The van der Waals surface area contributed by atoms with Gasteiger partial charge in [-0.2, -0.15) is 5.26 Å². The molecule has 1 unspecified atom stereocenters. The zero-order valence-corrected chi connectivity index (χ0v) is 15.1. The molecule has 1 aromatic carbocycles. The summed E-state index contributed by atoms with van der Waals surface area (Å²) in [5, 5.41) is 13.1. The zero-order valence-electron chi connectivity index (χ0n) is 12.7. The Morgan fingerprint density at radius 1 is 1.39 bits per heavy atom. The highest BCUT2D eigenvalue weighted by atomic mass is 35.5. The summed E-state index contributed by atoms with van der Waals surface area (Å²) >= 11 is 13.3. The van der Waals surface area contributed by atoms with Crippen molar-refractivity contribution in [3.05, 3.63) is 44.2 Å². The van der Waals surface area contributed by atoms with Crippen LogP contribution in [0, 0.1) is 25.2 Å². The van der Waals surface area contributed by atoms with Crippen LogP contribution in [0.2, 0.25) is 10.0 Å². The first kappa shape index (κ1) is 17.6. The SMILES string of the molecule is Cc1sc(NC(=O)C(C)Oc2cccc(Cl)c2Cl)c(C#N)c1C. The number of rotatable bonds is 4. The van der Waals surface area contributed by atoms with Crippen LogP contribution in [0.1, 0.15) is 22.9 Å². The number of nitrogens with one attached hydrogen (secondary N) is 1. The zero-order chi connectivity index (χ0) is 17.1. The van der Waals surface area contributed by atoms with E-state index in [1.807, 2.05) is 13.8 Å². The molecule has 7 heteroatoms. The third kappa shape index (κ3) is 3.78. The van der Waals surface area contributed by atoms with Crippen molar-refractivity contribution in [2.24, 2.45) is 0 Å². The van der Waals surface area contributed by atoms with E-state index in [0.717, 1.165) is 10.4 Å². The topological polar surface area (TPSA) is 62.1 Å². The van der Waals surface area contributed by atoms with Gasteiger partial charge in [-0.15, -0.1) is 11.3 Å². The highest BCUT2D eigenvalue weighted by Crippen LogP contribution is 2.33. The maximum absolute atomic E-state index is 12.3. The number of nitrogens with zero attached hydrogens (tertiary/aromatic N) is 1. The number of hydrogen-bond acceptors (Lipinski definition) is 4. The molecule has 2 rings (SSSR count). The van der Waals surface area contributed by atoms with Gasteiger partial charge in [-0.25, -0.2) is 0 Å². The van der Waals surface area contributed by atoms with Crippen LogP contribution in [-0.4, -0.2) is 12.0 Å². The maximum atomic E-state index is 12.3. The lowest BCUT2D eigenvalue weighted by atomic mass is 10.2. The molecule has 0 fully saturated rings. The number of thiophene rings is 1. The molecule has 0 bridgehead atoms. The fraction of sp³-hybridized carbons (Fsp3) is 0.250. The van der Waals surface area contributed by atoms with Crippen molar-refractivity contribution in [2.75, 3.05) is 5.32 Å². The first-order valence-corrected chi connectivity index (χ1v) is 8.34. The van der Waals surface area contributed by atoms with Crippen molar-refractivity contribution in [1.82, 2.24) is 0 Å². The average molecular weight is 369 g/mol. The number of anilines is 1. The van der Waals surface area contributed by atoms with Crippen molar-refractivity contribution in [2.45, 2.75) is 26.9 Å². The Labute approximate surface area is 148 Å². The number of halogens is 2. The van der Waals surface area contributed by atoms with E-state index < -0.39 is 6.10 Å². The fourth-order valence-electron chi connectivity index (χ4n) is 1.88. The summed E-state index contributed by atoms with van der Waals surface area (Å²) in [5.74, 6) is -0.0281. The van der Waals surface area contributed by atoms with Crippen LogP contribution in [0.25, 0.3) is 0 Å². The Kier molecular flexibility index (Phi) is 5.53. The van der Waals surface area contributed by atoms with E-state index in [1.54, 1.807) is 25.1 Å². The number of benzene rings is 1. The summed E-state index contributed by atoms with van der Waals surface area (Å²) in [6.07, 6.45) is -0.791. The molecule has 23 heavy (non-hydrogen) atoms. The predicted octanol–water partition coefficient (Wildman–Crippen LogP) is 4.95. The highest BCUT2D eigenvalue weighted by molar-refractivity contribution is 7.16. The van der Waals surface area contributed by atoms with E-state index in [-0.39, 0.29) is 10.9 Å². The minimum Gasteiger partial charge on any atom is -0.479 e. The molecular formula is C16H14Cl2N2O2S. The summed E-state index contributed by atoms with van der Waals surface area (Å²) < 4.78 is 5.56. The smallest absolute Gasteiger partial charge is 0.265 e. The van der Waals surface area contributed by atoms with Crippen molar-refractivity contribution in [3.63, 3.8) is 0 Å². The van der Waals surface area contributed by atoms with E-state index in [9.17, 15) is 10.1 Å². The van der Waals surface area contributed by atoms with Crippen molar-refractivity contribution < 1.29 is 9.53 Å². The molecule has 1 N–H and O–H groups in total. The molecule has 0 saturated heterocycles. The monoisotopic (exact) mass is 368 g/mol. The Morgan fingerprint density at radius 2 is 2.09 bits per heavy atom. The molecule has 0 spiro atoms. The van der Waals surface area contributed by atoms with Gasteiger partial charge < -0.3 is 10.1 Å². The van der Waals surface area contributed by atoms with Gasteiger partial charge >= 0.3 is 0 Å². The first-order valence-electron chi connectivity index (χ1n) is 6.76. The van der Waals surface area contributed by atoms with E-state index in [1.165, 1.54) is 11.3 Å². The summed E-state index contributed by atoms with van der Waals surface area (Å²) in [6, 6.07) is 7.07. The van der Waals surface area contributed by atoms with Gasteiger partial charge in [0.1, 0.15) is 21.8 Å². The average Bonchev–Trinajstić information content (AvgIpc) is 2.77. The molecule has 4 nitrogen and oxygen atoms in total. The summed E-state index contributed by atoms with van der Waals surface area (Å²) in [5.41, 5.74) is 1.35. The lowest BCUT2D eigenvalue weighted by Crippen LogP contribution is -2.30. The van der Waals surface area contributed by atoms with Crippen LogP contribution in [-0.2, 0) is 4.79 Å². The summed E-state index contributed by atoms with van der Waals surface area (Å²) in [4.78, 5) is 13.3. The van der Waals surface area contributed by atoms with Crippen LogP contribution in [0.3, 0.4) is 0 Å². The van der Waals surface area contributed by atoms with Gasteiger partial charge in [0.05, 0.1) is 10.6 Å². The molecule has 0 aliphatic carbocycles. The second kappa shape index (κ2) is 7.22. The lowest BCUT2D eigenvalue weighted by molar-refractivity contribution is -0.122. The van der Waals surface area contributed by atoms with Gasteiger partial charge in [0, 0.05) is 4.88 Å². The number of hydrogen-bond donors (Lipinski definition) is 1. The molecule has 1 heterocycles. The van der Waals surface area contributed by atoms with Gasteiger partial charge in [-0.3, -0.25) is 4.79 Å². The molecule has 120 valence electrons. The summed E-state index contributed by atoms with van der Waals surface area (Å²) in [7, 11) is 0. The number of carbonyl (C=O) groups is 1. The largest absolute Gasteiger partial charge is 0.479 e. The third-order valence-corrected chi connectivity index (χ3v) is 5.25. The van der Waals surface area contributed by atoms with E-state index in [4.69, 9.17) is 27.9 Å². The second-order valence-electron chi connectivity index (χ2n) is 4.90. The lowest BCUT2D eigenvalue weighted by Gasteiger charge is -2.15. The maximum Gasteiger partial charge on any atom is 0.265 e. The highest BCUT2D eigenvalue weighted by Gasteiger charge is 2.20. The Balaban J connectivity index is 2.14. The number of ether oxygens (including phenoxy) is 1. The van der Waals surface area contributed by atoms with Crippen molar-refractivity contribution in [1.29, 1.82) is 5.26 Å². The molecule has 1 amide bonds. The number of nitriles is 1.